The molecule has 1 aromatic carbocycles. The fourth-order valence-electron chi connectivity index (χ4n) is 2.37. The minimum Gasteiger partial charge on any atom is -0.355 e. The van der Waals surface area contributed by atoms with Crippen LogP contribution in [0.5, 0.6) is 0 Å². The van der Waals surface area contributed by atoms with Gasteiger partial charge in [-0.05, 0) is 12.1 Å². The van der Waals surface area contributed by atoms with Crippen molar-refractivity contribution in [1.29, 1.82) is 0 Å². The lowest BCUT2D eigenvalue weighted by molar-refractivity contribution is 0.672. The van der Waals surface area contributed by atoms with Gasteiger partial charge in [0.15, 0.2) is 0 Å². The van der Waals surface area contributed by atoms with E-state index >= 15 is 0 Å². The van der Waals surface area contributed by atoms with Crippen LogP contribution in [0.4, 0.5) is 5.82 Å². The lowest BCUT2D eigenvalue weighted by Crippen LogP contribution is -2.38. The molecule has 0 atom stereocenters. The van der Waals surface area contributed by atoms with Gasteiger partial charge in [-0.1, -0.05) is 34.1 Å². The standard InChI is InChI=1S/C14H15BrN2OS/c15-10-12-9-11-3-1-2-4-13(11)16-14(12)17-5-7-19(18)8-6-17/h1-4,9H,5-8,10H2. The van der Waals surface area contributed by atoms with E-state index in [0.29, 0.717) is 0 Å². The van der Waals surface area contributed by atoms with Crippen LogP contribution in [0.1, 0.15) is 5.56 Å². The Labute approximate surface area is 123 Å². The zero-order chi connectivity index (χ0) is 13.2. The number of anilines is 1. The van der Waals surface area contributed by atoms with E-state index in [-0.39, 0.29) is 0 Å². The third kappa shape index (κ3) is 2.67. The van der Waals surface area contributed by atoms with Crippen molar-refractivity contribution in [2.45, 2.75) is 5.33 Å². The predicted molar refractivity (Wildman–Crippen MR) is 84.5 cm³/mol. The van der Waals surface area contributed by atoms with Crippen molar-refractivity contribution >= 4 is 43.5 Å². The summed E-state index contributed by atoms with van der Waals surface area (Å²) in [6.45, 7) is 1.66. The number of alkyl halides is 1. The average Bonchev–Trinajstić information content (AvgIpc) is 2.46. The summed E-state index contributed by atoms with van der Waals surface area (Å²) in [6.07, 6.45) is 0. The number of halogens is 1. The Hall–Kier alpha value is -0.940. The molecule has 1 aliphatic rings. The Morgan fingerprint density at radius 3 is 2.74 bits per heavy atom. The number of nitrogens with zero attached hydrogens (tertiary/aromatic N) is 2. The third-order valence-electron chi connectivity index (χ3n) is 3.40. The Morgan fingerprint density at radius 1 is 1.26 bits per heavy atom. The van der Waals surface area contributed by atoms with Crippen LogP contribution in [0.15, 0.2) is 30.3 Å². The molecule has 2 heterocycles. The molecule has 100 valence electrons. The van der Waals surface area contributed by atoms with E-state index in [2.05, 4.69) is 33.0 Å². The average molecular weight is 339 g/mol. The van der Waals surface area contributed by atoms with Crippen LogP contribution in [0.2, 0.25) is 0 Å². The largest absolute Gasteiger partial charge is 0.355 e. The molecule has 3 nitrogen and oxygen atoms in total. The van der Waals surface area contributed by atoms with Gasteiger partial charge in [0.25, 0.3) is 0 Å². The summed E-state index contributed by atoms with van der Waals surface area (Å²) in [4.78, 5) is 7.05. The minimum absolute atomic E-state index is 0.652. The van der Waals surface area contributed by atoms with Crippen molar-refractivity contribution in [2.24, 2.45) is 0 Å². The summed E-state index contributed by atoms with van der Waals surface area (Å²) in [6, 6.07) is 10.4. The molecule has 0 spiro atoms. The topological polar surface area (TPSA) is 33.2 Å². The molecule has 0 radical (unpaired) electrons. The molecular formula is C14H15BrN2OS. The van der Waals surface area contributed by atoms with E-state index in [0.717, 1.165) is 41.3 Å². The maximum Gasteiger partial charge on any atom is 0.133 e. The van der Waals surface area contributed by atoms with Gasteiger partial charge in [-0.3, -0.25) is 4.21 Å². The van der Waals surface area contributed by atoms with Gasteiger partial charge in [0.05, 0.1) is 5.52 Å². The number of hydrogen-bond donors (Lipinski definition) is 0. The van der Waals surface area contributed by atoms with Crippen molar-refractivity contribution in [3.8, 4) is 0 Å². The van der Waals surface area contributed by atoms with E-state index in [9.17, 15) is 4.21 Å². The van der Waals surface area contributed by atoms with Gasteiger partial charge < -0.3 is 4.90 Å². The van der Waals surface area contributed by atoms with Gasteiger partial charge in [0.2, 0.25) is 0 Å². The van der Waals surface area contributed by atoms with Gasteiger partial charge in [-0.15, -0.1) is 0 Å². The predicted octanol–water partition coefficient (Wildman–Crippen LogP) is 2.70. The molecule has 19 heavy (non-hydrogen) atoms. The highest BCUT2D eigenvalue weighted by atomic mass is 79.9. The summed E-state index contributed by atoms with van der Waals surface area (Å²) in [5.74, 6) is 2.53. The quantitative estimate of drug-likeness (QED) is 0.789. The zero-order valence-corrected chi connectivity index (χ0v) is 12.9. The van der Waals surface area contributed by atoms with Crippen LogP contribution >= 0.6 is 15.9 Å². The fraction of sp³-hybridized carbons (Fsp3) is 0.357. The first-order chi connectivity index (χ1) is 9.28. The lowest BCUT2D eigenvalue weighted by atomic mass is 10.1. The summed E-state index contributed by atoms with van der Waals surface area (Å²) in [5, 5.41) is 1.96. The second-order valence-corrected chi connectivity index (χ2v) is 6.89. The van der Waals surface area contributed by atoms with Gasteiger partial charge in [0, 0.05) is 51.7 Å². The SMILES string of the molecule is O=S1CCN(c2nc3ccccc3cc2CBr)CC1. The molecule has 1 saturated heterocycles. The summed E-state index contributed by atoms with van der Waals surface area (Å²) < 4.78 is 11.5. The van der Waals surface area contributed by atoms with E-state index in [1.807, 2.05) is 18.2 Å². The van der Waals surface area contributed by atoms with Gasteiger partial charge in [-0.2, -0.15) is 0 Å². The van der Waals surface area contributed by atoms with Gasteiger partial charge >= 0.3 is 0 Å². The molecule has 3 rings (SSSR count). The number of hydrogen-bond acceptors (Lipinski definition) is 3. The first-order valence-electron chi connectivity index (χ1n) is 6.32. The van der Waals surface area contributed by atoms with Crippen molar-refractivity contribution < 1.29 is 4.21 Å². The second kappa shape index (κ2) is 5.59. The summed E-state index contributed by atoms with van der Waals surface area (Å²) >= 11 is 3.55. The van der Waals surface area contributed by atoms with Gasteiger partial charge in [-0.25, -0.2) is 4.98 Å². The molecule has 0 unspecified atom stereocenters. The van der Waals surface area contributed by atoms with Crippen molar-refractivity contribution in [2.75, 3.05) is 29.5 Å². The van der Waals surface area contributed by atoms with E-state index in [1.165, 1.54) is 10.9 Å². The Kier molecular flexibility index (Phi) is 3.84. The van der Waals surface area contributed by atoms with Crippen molar-refractivity contribution in [1.82, 2.24) is 4.98 Å². The van der Waals surface area contributed by atoms with Crippen LogP contribution in [-0.2, 0) is 16.1 Å². The molecule has 1 fully saturated rings. The van der Waals surface area contributed by atoms with Crippen LogP contribution in [0, 0.1) is 0 Å². The Bertz CT molecular complexity index is 622. The smallest absolute Gasteiger partial charge is 0.133 e. The number of fused-ring (bicyclic) bond motifs is 1. The van der Waals surface area contributed by atoms with E-state index in [1.54, 1.807) is 0 Å². The molecular weight excluding hydrogens is 324 g/mol. The highest BCUT2D eigenvalue weighted by Gasteiger charge is 2.19. The number of benzene rings is 1. The normalized spacial score (nSPS) is 17.0. The maximum atomic E-state index is 11.5. The zero-order valence-electron chi connectivity index (χ0n) is 10.5. The van der Waals surface area contributed by atoms with Crippen LogP contribution in [0.25, 0.3) is 10.9 Å². The molecule has 1 aliphatic heterocycles. The number of para-hydroxylation sites is 1. The first-order valence-corrected chi connectivity index (χ1v) is 8.93. The third-order valence-corrected chi connectivity index (χ3v) is 5.28. The van der Waals surface area contributed by atoms with Crippen molar-refractivity contribution in [3.63, 3.8) is 0 Å². The fourth-order valence-corrected chi connectivity index (χ4v) is 3.84. The number of aromatic nitrogens is 1. The lowest BCUT2D eigenvalue weighted by Gasteiger charge is -2.29. The van der Waals surface area contributed by atoms with Crippen LogP contribution in [-0.4, -0.2) is 33.8 Å². The molecule has 0 amide bonds. The molecule has 0 aliphatic carbocycles. The van der Waals surface area contributed by atoms with Gasteiger partial charge in [0.1, 0.15) is 5.82 Å². The first kappa shape index (κ1) is 13.1. The minimum atomic E-state index is -0.652. The molecule has 1 aromatic heterocycles. The second-order valence-electron chi connectivity index (χ2n) is 4.63. The van der Waals surface area contributed by atoms with Crippen LogP contribution in [0.3, 0.4) is 0 Å². The Morgan fingerprint density at radius 2 is 2.00 bits per heavy atom. The van der Waals surface area contributed by atoms with Crippen LogP contribution < -0.4 is 4.90 Å². The molecule has 2 aromatic rings. The number of rotatable bonds is 2. The van der Waals surface area contributed by atoms with E-state index in [4.69, 9.17) is 4.98 Å². The summed E-state index contributed by atoms with van der Waals surface area (Å²) in [7, 11) is -0.652. The highest BCUT2D eigenvalue weighted by Crippen LogP contribution is 2.26. The summed E-state index contributed by atoms with van der Waals surface area (Å²) in [5.41, 5.74) is 2.22. The molecule has 0 N–H and O–H groups in total. The molecule has 0 bridgehead atoms. The molecule has 5 heteroatoms. The number of pyridine rings is 1. The van der Waals surface area contributed by atoms with E-state index < -0.39 is 10.8 Å². The van der Waals surface area contributed by atoms with Crippen molar-refractivity contribution in [3.05, 3.63) is 35.9 Å². The monoisotopic (exact) mass is 338 g/mol. The highest BCUT2D eigenvalue weighted by molar-refractivity contribution is 9.08. The Balaban J connectivity index is 2.03. The maximum absolute atomic E-state index is 11.5. The molecule has 0 saturated carbocycles.